The highest BCUT2D eigenvalue weighted by Gasteiger charge is 2.14. The summed E-state index contributed by atoms with van der Waals surface area (Å²) in [6, 6.07) is 1.75. The minimum atomic E-state index is -0.855. The lowest BCUT2D eigenvalue weighted by molar-refractivity contribution is 0.0694. The first-order chi connectivity index (χ1) is 5.99. The highest BCUT2D eigenvalue weighted by molar-refractivity contribution is 7.08. The van der Waals surface area contributed by atoms with Crippen molar-refractivity contribution in [3.05, 3.63) is 22.4 Å². The second-order valence-electron chi connectivity index (χ2n) is 3.51. The molecular formula is C9H13NO2S. The number of carbonyl (C=O) groups is 1. The zero-order chi connectivity index (χ0) is 9.90. The molecule has 4 heteroatoms. The summed E-state index contributed by atoms with van der Waals surface area (Å²) in [5.74, 6) is -0.136. The van der Waals surface area contributed by atoms with Gasteiger partial charge in [0.2, 0.25) is 0 Å². The number of amides is 1. The molecule has 0 aliphatic carbocycles. The molecule has 72 valence electrons. The van der Waals surface area contributed by atoms with Crippen LogP contribution in [0.1, 0.15) is 24.2 Å². The van der Waals surface area contributed by atoms with Gasteiger partial charge in [-0.3, -0.25) is 4.79 Å². The van der Waals surface area contributed by atoms with Crippen LogP contribution in [-0.2, 0) is 0 Å². The number of nitrogens with one attached hydrogen (secondary N) is 1. The molecule has 1 heterocycles. The molecule has 0 radical (unpaired) electrons. The monoisotopic (exact) mass is 199 g/mol. The maximum absolute atomic E-state index is 11.3. The summed E-state index contributed by atoms with van der Waals surface area (Å²) in [7, 11) is 0. The van der Waals surface area contributed by atoms with Crippen molar-refractivity contribution in [2.24, 2.45) is 0 Å². The van der Waals surface area contributed by atoms with Crippen LogP contribution in [0, 0.1) is 0 Å². The molecule has 1 aromatic heterocycles. The Bertz CT molecular complexity index is 274. The first kappa shape index (κ1) is 10.2. The average Bonchev–Trinajstić information content (AvgIpc) is 2.50. The number of carbonyl (C=O) groups excluding carboxylic acids is 1. The predicted molar refractivity (Wildman–Crippen MR) is 53.0 cm³/mol. The SMILES string of the molecule is CC(C)(O)CNC(=O)c1ccsc1. The summed E-state index contributed by atoms with van der Waals surface area (Å²) in [4.78, 5) is 11.3. The van der Waals surface area contributed by atoms with E-state index < -0.39 is 5.60 Å². The summed E-state index contributed by atoms with van der Waals surface area (Å²) in [6.45, 7) is 3.57. The van der Waals surface area contributed by atoms with Crippen molar-refractivity contribution in [2.45, 2.75) is 19.4 Å². The van der Waals surface area contributed by atoms with Crippen LogP contribution in [0.15, 0.2) is 16.8 Å². The third-order valence-corrected chi connectivity index (χ3v) is 2.15. The number of rotatable bonds is 3. The number of aliphatic hydroxyl groups is 1. The molecule has 0 aliphatic heterocycles. The van der Waals surface area contributed by atoms with E-state index in [0.29, 0.717) is 5.56 Å². The topological polar surface area (TPSA) is 49.3 Å². The van der Waals surface area contributed by atoms with Crippen LogP contribution in [0.3, 0.4) is 0 Å². The zero-order valence-electron chi connectivity index (χ0n) is 7.70. The van der Waals surface area contributed by atoms with Gasteiger partial charge in [-0.25, -0.2) is 0 Å². The number of hydrogen-bond donors (Lipinski definition) is 2. The lowest BCUT2D eigenvalue weighted by Crippen LogP contribution is -2.38. The summed E-state index contributed by atoms with van der Waals surface area (Å²) in [5, 5.41) is 15.6. The summed E-state index contributed by atoms with van der Waals surface area (Å²) in [5.41, 5.74) is -0.208. The van der Waals surface area contributed by atoms with E-state index in [1.54, 1.807) is 25.3 Å². The fourth-order valence-electron chi connectivity index (χ4n) is 0.792. The van der Waals surface area contributed by atoms with Crippen molar-refractivity contribution in [3.63, 3.8) is 0 Å². The van der Waals surface area contributed by atoms with E-state index in [9.17, 15) is 9.90 Å². The Balaban J connectivity index is 2.44. The third-order valence-electron chi connectivity index (χ3n) is 1.46. The van der Waals surface area contributed by atoms with Gasteiger partial charge in [-0.15, -0.1) is 0 Å². The van der Waals surface area contributed by atoms with Gasteiger partial charge in [0.25, 0.3) is 5.91 Å². The first-order valence-electron chi connectivity index (χ1n) is 4.02. The van der Waals surface area contributed by atoms with Crippen LogP contribution in [0.4, 0.5) is 0 Å². The van der Waals surface area contributed by atoms with Crippen molar-refractivity contribution < 1.29 is 9.90 Å². The van der Waals surface area contributed by atoms with Gasteiger partial charge in [0.05, 0.1) is 5.60 Å². The highest BCUT2D eigenvalue weighted by atomic mass is 32.1. The Kier molecular flexibility index (Phi) is 3.06. The molecule has 1 amide bonds. The smallest absolute Gasteiger partial charge is 0.252 e. The molecule has 3 nitrogen and oxygen atoms in total. The van der Waals surface area contributed by atoms with Gasteiger partial charge < -0.3 is 10.4 Å². The molecule has 2 N–H and O–H groups in total. The normalized spacial score (nSPS) is 11.3. The maximum atomic E-state index is 11.3. The minimum Gasteiger partial charge on any atom is -0.389 e. The van der Waals surface area contributed by atoms with Crippen molar-refractivity contribution in [1.29, 1.82) is 0 Å². The molecule has 0 saturated heterocycles. The Labute approximate surface area is 81.4 Å². The first-order valence-corrected chi connectivity index (χ1v) is 4.96. The largest absolute Gasteiger partial charge is 0.389 e. The van der Waals surface area contributed by atoms with Crippen LogP contribution in [0.25, 0.3) is 0 Å². The second-order valence-corrected chi connectivity index (χ2v) is 4.29. The minimum absolute atomic E-state index is 0.136. The van der Waals surface area contributed by atoms with Gasteiger partial charge in [-0.2, -0.15) is 11.3 Å². The summed E-state index contributed by atoms with van der Waals surface area (Å²) < 4.78 is 0. The Morgan fingerprint density at radius 3 is 2.85 bits per heavy atom. The van der Waals surface area contributed by atoms with Crippen molar-refractivity contribution in [1.82, 2.24) is 5.32 Å². The third kappa shape index (κ3) is 3.57. The van der Waals surface area contributed by atoms with Gasteiger partial charge in [0.15, 0.2) is 0 Å². The van der Waals surface area contributed by atoms with Gasteiger partial charge in [0.1, 0.15) is 0 Å². The van der Waals surface area contributed by atoms with Crippen LogP contribution in [0.2, 0.25) is 0 Å². The van der Waals surface area contributed by atoms with Crippen molar-refractivity contribution >= 4 is 17.2 Å². The molecule has 1 aromatic rings. The summed E-state index contributed by atoms with van der Waals surface area (Å²) in [6.07, 6.45) is 0. The second kappa shape index (κ2) is 3.89. The molecule has 0 unspecified atom stereocenters. The van der Waals surface area contributed by atoms with Crippen molar-refractivity contribution in [2.75, 3.05) is 6.54 Å². The standard InChI is InChI=1S/C9H13NO2S/c1-9(2,12)6-10-8(11)7-3-4-13-5-7/h3-5,12H,6H2,1-2H3,(H,10,11). The van der Waals surface area contributed by atoms with E-state index in [1.807, 2.05) is 5.38 Å². The van der Waals surface area contributed by atoms with Gasteiger partial charge in [-0.05, 0) is 25.3 Å². The van der Waals surface area contributed by atoms with E-state index in [-0.39, 0.29) is 12.5 Å². The molecule has 0 aromatic carbocycles. The molecule has 0 spiro atoms. The van der Waals surface area contributed by atoms with E-state index >= 15 is 0 Å². The molecule has 0 fully saturated rings. The fraction of sp³-hybridized carbons (Fsp3) is 0.444. The van der Waals surface area contributed by atoms with Gasteiger partial charge in [0, 0.05) is 17.5 Å². The lowest BCUT2D eigenvalue weighted by Gasteiger charge is -2.17. The van der Waals surface area contributed by atoms with Crippen molar-refractivity contribution in [3.8, 4) is 0 Å². The zero-order valence-corrected chi connectivity index (χ0v) is 8.52. The molecule has 0 saturated carbocycles. The van der Waals surface area contributed by atoms with Crippen LogP contribution < -0.4 is 5.32 Å². The summed E-state index contributed by atoms with van der Waals surface area (Å²) >= 11 is 1.48. The molecule has 0 aliphatic rings. The van der Waals surface area contributed by atoms with Crippen LogP contribution in [0.5, 0.6) is 0 Å². The quantitative estimate of drug-likeness (QED) is 0.769. The van der Waals surface area contributed by atoms with Gasteiger partial charge >= 0.3 is 0 Å². The number of thiophene rings is 1. The Morgan fingerprint density at radius 1 is 1.69 bits per heavy atom. The fourth-order valence-corrected chi connectivity index (χ4v) is 1.43. The lowest BCUT2D eigenvalue weighted by atomic mass is 10.1. The molecule has 0 atom stereocenters. The van der Waals surface area contributed by atoms with Crippen LogP contribution >= 0.6 is 11.3 Å². The maximum Gasteiger partial charge on any atom is 0.252 e. The molecular weight excluding hydrogens is 186 g/mol. The molecule has 13 heavy (non-hydrogen) atoms. The van der Waals surface area contributed by atoms with Crippen LogP contribution in [-0.4, -0.2) is 23.2 Å². The Hall–Kier alpha value is -0.870. The predicted octanol–water partition coefficient (Wildman–Crippen LogP) is 1.25. The highest BCUT2D eigenvalue weighted by Crippen LogP contribution is 2.06. The van der Waals surface area contributed by atoms with Gasteiger partial charge in [-0.1, -0.05) is 0 Å². The number of hydrogen-bond acceptors (Lipinski definition) is 3. The van der Waals surface area contributed by atoms with E-state index in [2.05, 4.69) is 5.32 Å². The molecule has 1 rings (SSSR count). The Morgan fingerprint density at radius 2 is 2.38 bits per heavy atom. The van der Waals surface area contributed by atoms with E-state index in [0.717, 1.165) is 0 Å². The molecule has 0 bridgehead atoms. The van der Waals surface area contributed by atoms with E-state index in [4.69, 9.17) is 0 Å². The van der Waals surface area contributed by atoms with E-state index in [1.165, 1.54) is 11.3 Å². The average molecular weight is 199 g/mol.